The summed E-state index contributed by atoms with van der Waals surface area (Å²) in [5, 5.41) is 7.23. The molecule has 0 unspecified atom stereocenters. The number of H-pyrrole nitrogens is 1. The summed E-state index contributed by atoms with van der Waals surface area (Å²) in [5.74, 6) is 0. The second-order valence-corrected chi connectivity index (χ2v) is 8.33. The average molecular weight is 468 g/mol. The summed E-state index contributed by atoms with van der Waals surface area (Å²) in [6.45, 7) is 0.515. The van der Waals surface area contributed by atoms with Crippen LogP contribution in [0.5, 0.6) is 0 Å². The number of nitrogens with two attached hydrogens (primary N) is 1. The zero-order chi connectivity index (χ0) is 23.5. The first-order chi connectivity index (χ1) is 16.6. The number of nitrogens with one attached hydrogen (secondary N) is 3. The number of rotatable bonds is 5. The number of fused-ring (bicyclic) bond motifs is 1. The van der Waals surface area contributed by atoms with Crippen molar-refractivity contribution in [2.45, 2.75) is 6.54 Å². The summed E-state index contributed by atoms with van der Waals surface area (Å²) in [6, 6.07) is 24.7. The molecule has 0 bridgehead atoms. The number of aromatic nitrogens is 2. The lowest BCUT2D eigenvalue weighted by Gasteiger charge is -2.09. The maximum Gasteiger partial charge on any atom is 0.323 e. The van der Waals surface area contributed by atoms with Crippen LogP contribution in [0.1, 0.15) is 5.56 Å². The summed E-state index contributed by atoms with van der Waals surface area (Å²) in [7, 11) is 0. The third-order valence-corrected chi connectivity index (χ3v) is 5.80. The predicted octanol–water partition coefficient (Wildman–Crippen LogP) is 6.65. The molecule has 0 aliphatic heterocycles. The van der Waals surface area contributed by atoms with E-state index in [1.54, 1.807) is 24.3 Å². The molecule has 34 heavy (non-hydrogen) atoms. The molecule has 5 aromatic rings. The highest BCUT2D eigenvalue weighted by Gasteiger charge is 2.11. The molecule has 0 saturated carbocycles. The van der Waals surface area contributed by atoms with Gasteiger partial charge in [-0.15, -0.1) is 0 Å². The van der Waals surface area contributed by atoms with Crippen LogP contribution in [0.3, 0.4) is 0 Å². The van der Waals surface area contributed by atoms with Crippen molar-refractivity contribution in [3.8, 4) is 22.3 Å². The van der Waals surface area contributed by atoms with E-state index in [1.165, 1.54) is 0 Å². The molecule has 6 nitrogen and oxygen atoms in total. The van der Waals surface area contributed by atoms with Gasteiger partial charge in [0.2, 0.25) is 0 Å². The fourth-order valence-corrected chi connectivity index (χ4v) is 4.05. The van der Waals surface area contributed by atoms with Gasteiger partial charge in [-0.1, -0.05) is 54.1 Å². The Balaban J connectivity index is 1.41. The summed E-state index contributed by atoms with van der Waals surface area (Å²) in [4.78, 5) is 20.3. The van der Waals surface area contributed by atoms with Crippen molar-refractivity contribution in [2.24, 2.45) is 5.73 Å². The first kappa shape index (κ1) is 21.7. The number of hydrogen-bond donors (Lipinski definition) is 4. The number of aromatic amines is 1. The molecule has 0 aliphatic carbocycles. The van der Waals surface area contributed by atoms with E-state index in [0.29, 0.717) is 22.9 Å². The number of pyridine rings is 1. The van der Waals surface area contributed by atoms with Crippen LogP contribution >= 0.6 is 11.6 Å². The Morgan fingerprint density at radius 2 is 1.62 bits per heavy atom. The van der Waals surface area contributed by atoms with E-state index in [2.05, 4.69) is 38.8 Å². The Bertz CT molecular complexity index is 1480. The number of benzene rings is 3. The molecule has 7 heteroatoms. The van der Waals surface area contributed by atoms with Gasteiger partial charge in [-0.25, -0.2) is 9.78 Å². The molecule has 168 valence electrons. The molecule has 0 atom stereocenters. The van der Waals surface area contributed by atoms with E-state index in [1.807, 2.05) is 48.8 Å². The molecule has 0 spiro atoms. The largest absolute Gasteiger partial charge is 0.346 e. The van der Waals surface area contributed by atoms with Crippen molar-refractivity contribution in [2.75, 3.05) is 10.6 Å². The fourth-order valence-electron chi connectivity index (χ4n) is 3.86. The number of carbonyl (C=O) groups is 1. The Hall–Kier alpha value is -4.13. The molecule has 0 fully saturated rings. The summed E-state index contributed by atoms with van der Waals surface area (Å²) in [6.07, 6.45) is 3.79. The number of urea groups is 1. The maximum absolute atomic E-state index is 12.5. The molecule has 2 aromatic heterocycles. The number of anilines is 2. The van der Waals surface area contributed by atoms with E-state index in [4.69, 9.17) is 17.3 Å². The van der Waals surface area contributed by atoms with Gasteiger partial charge in [-0.05, 0) is 53.1 Å². The Labute approximate surface area is 201 Å². The molecule has 5 N–H and O–H groups in total. The van der Waals surface area contributed by atoms with Crippen LogP contribution < -0.4 is 16.4 Å². The fraction of sp³-hybridized carbons (Fsp3) is 0.0370. The van der Waals surface area contributed by atoms with Gasteiger partial charge in [-0.2, -0.15) is 0 Å². The third kappa shape index (κ3) is 4.64. The summed E-state index contributed by atoms with van der Waals surface area (Å²) < 4.78 is 0. The summed E-state index contributed by atoms with van der Waals surface area (Å²) >= 11 is 5.99. The second kappa shape index (κ2) is 9.39. The molecule has 5 rings (SSSR count). The molecule has 2 heterocycles. The van der Waals surface area contributed by atoms with Gasteiger partial charge in [0.15, 0.2) is 0 Å². The molecular weight excluding hydrogens is 446 g/mol. The standard InChI is InChI=1S/C27H22ClN5O/c28-21-4-2-6-23(13-21)33-27(34)32-22-5-1-3-19(11-22)25-16-31-26-24(25)12-20(15-30-26)18-9-7-17(14-29)8-10-18/h1-13,15-16H,14,29H2,(H,30,31)(H2,32,33,34). The minimum Gasteiger partial charge on any atom is -0.346 e. The lowest BCUT2D eigenvalue weighted by molar-refractivity contribution is 0.262. The number of halogens is 1. The van der Waals surface area contributed by atoms with E-state index in [9.17, 15) is 4.79 Å². The predicted molar refractivity (Wildman–Crippen MR) is 139 cm³/mol. The highest BCUT2D eigenvalue weighted by molar-refractivity contribution is 6.30. The highest BCUT2D eigenvalue weighted by atomic mass is 35.5. The average Bonchev–Trinajstić information content (AvgIpc) is 3.27. The second-order valence-electron chi connectivity index (χ2n) is 7.89. The lowest BCUT2D eigenvalue weighted by Crippen LogP contribution is -2.19. The third-order valence-electron chi connectivity index (χ3n) is 5.57. The number of carbonyl (C=O) groups excluding carboxylic acids is 1. The molecule has 0 aliphatic rings. The number of hydrogen-bond acceptors (Lipinski definition) is 3. The van der Waals surface area contributed by atoms with Crippen LogP contribution in [0, 0.1) is 0 Å². The van der Waals surface area contributed by atoms with Gasteiger partial charge >= 0.3 is 6.03 Å². The minimum absolute atomic E-state index is 0.344. The SMILES string of the molecule is NCc1ccc(-c2cnc3[nH]cc(-c4cccc(NC(=O)Nc5cccc(Cl)c5)c4)c3c2)cc1. The van der Waals surface area contributed by atoms with Crippen LogP contribution in [0.4, 0.5) is 16.2 Å². The van der Waals surface area contributed by atoms with Gasteiger partial charge in [0.25, 0.3) is 0 Å². The topological polar surface area (TPSA) is 95.8 Å². The molecule has 0 saturated heterocycles. The Morgan fingerprint density at radius 1 is 0.882 bits per heavy atom. The van der Waals surface area contributed by atoms with Crippen LogP contribution in [0.2, 0.25) is 5.02 Å². The van der Waals surface area contributed by atoms with Gasteiger partial charge in [-0.3, -0.25) is 0 Å². The minimum atomic E-state index is -0.344. The van der Waals surface area contributed by atoms with Gasteiger partial charge in [0.1, 0.15) is 5.65 Å². The normalized spacial score (nSPS) is 10.9. The molecule has 0 radical (unpaired) electrons. The Morgan fingerprint density at radius 3 is 2.35 bits per heavy atom. The van der Waals surface area contributed by atoms with Crippen molar-refractivity contribution in [3.05, 3.63) is 102 Å². The van der Waals surface area contributed by atoms with Gasteiger partial charge in [0, 0.05) is 51.8 Å². The van der Waals surface area contributed by atoms with E-state index < -0.39 is 0 Å². The van der Waals surface area contributed by atoms with Crippen molar-refractivity contribution < 1.29 is 4.79 Å². The Kier molecular flexibility index (Phi) is 5.99. The smallest absolute Gasteiger partial charge is 0.323 e. The molecular formula is C27H22ClN5O. The lowest BCUT2D eigenvalue weighted by atomic mass is 10.0. The first-order valence-corrected chi connectivity index (χ1v) is 11.2. The monoisotopic (exact) mass is 467 g/mol. The molecule has 3 aromatic carbocycles. The van der Waals surface area contributed by atoms with E-state index in [-0.39, 0.29) is 6.03 Å². The first-order valence-electron chi connectivity index (χ1n) is 10.8. The zero-order valence-corrected chi connectivity index (χ0v) is 18.9. The summed E-state index contributed by atoms with van der Waals surface area (Å²) in [5.41, 5.74) is 13.0. The van der Waals surface area contributed by atoms with Crippen molar-refractivity contribution in [1.29, 1.82) is 0 Å². The maximum atomic E-state index is 12.5. The van der Waals surface area contributed by atoms with Crippen molar-refractivity contribution >= 4 is 40.0 Å². The molecule has 2 amide bonds. The van der Waals surface area contributed by atoms with Crippen LogP contribution in [0.25, 0.3) is 33.3 Å². The van der Waals surface area contributed by atoms with Crippen LogP contribution in [-0.4, -0.2) is 16.0 Å². The zero-order valence-electron chi connectivity index (χ0n) is 18.2. The van der Waals surface area contributed by atoms with E-state index in [0.717, 1.165) is 38.9 Å². The quantitative estimate of drug-likeness (QED) is 0.233. The number of nitrogens with zero attached hydrogens (tertiary/aromatic N) is 1. The number of amides is 2. The van der Waals surface area contributed by atoms with Gasteiger partial charge < -0.3 is 21.4 Å². The van der Waals surface area contributed by atoms with Gasteiger partial charge in [0.05, 0.1) is 0 Å². The van der Waals surface area contributed by atoms with E-state index >= 15 is 0 Å². The van der Waals surface area contributed by atoms with Crippen LogP contribution in [-0.2, 0) is 6.54 Å². The van der Waals surface area contributed by atoms with Crippen LogP contribution in [0.15, 0.2) is 91.3 Å². The van der Waals surface area contributed by atoms with Crippen molar-refractivity contribution in [1.82, 2.24) is 9.97 Å². The van der Waals surface area contributed by atoms with Crippen molar-refractivity contribution in [3.63, 3.8) is 0 Å². The highest BCUT2D eigenvalue weighted by Crippen LogP contribution is 2.32.